The molecule has 3 heterocycles. The van der Waals surface area contributed by atoms with E-state index in [0.29, 0.717) is 11.8 Å². The second kappa shape index (κ2) is 6.24. The van der Waals surface area contributed by atoms with Crippen LogP contribution in [-0.4, -0.2) is 37.2 Å². The van der Waals surface area contributed by atoms with Crippen LogP contribution >= 0.6 is 0 Å². The lowest BCUT2D eigenvalue weighted by atomic mass is 9.85. The number of anilines is 1. The van der Waals surface area contributed by atoms with E-state index in [-0.39, 0.29) is 6.03 Å². The lowest BCUT2D eigenvalue weighted by molar-refractivity contribution is 0.0485. The summed E-state index contributed by atoms with van der Waals surface area (Å²) >= 11 is 0. The Kier molecular flexibility index (Phi) is 3.95. The largest absolute Gasteiger partial charge is 0.464 e. The van der Waals surface area contributed by atoms with Gasteiger partial charge in [-0.3, -0.25) is 0 Å². The van der Waals surface area contributed by atoms with Gasteiger partial charge in [-0.1, -0.05) is 0 Å². The number of nitrogens with one attached hydrogen (secondary N) is 1. The van der Waals surface area contributed by atoms with E-state index >= 15 is 0 Å². The third kappa shape index (κ3) is 3.06. The summed E-state index contributed by atoms with van der Waals surface area (Å²) in [6.45, 7) is 3.45. The van der Waals surface area contributed by atoms with Gasteiger partial charge in [-0.25, -0.2) is 4.79 Å². The van der Waals surface area contributed by atoms with Gasteiger partial charge in [0.1, 0.15) is 5.58 Å². The number of carbonyl (C=O) groups is 1. The molecule has 2 aromatic rings. The Hall–Kier alpha value is -2.01. The molecule has 0 saturated carbocycles. The SMILES string of the molecule is O=C(Nc1ccc2ccoc2c1)N1CCC(C2CCOCC2)C1. The van der Waals surface area contributed by atoms with Crippen LogP contribution < -0.4 is 5.32 Å². The Balaban J connectivity index is 1.37. The number of fused-ring (bicyclic) bond motifs is 1. The van der Waals surface area contributed by atoms with Crippen molar-refractivity contribution in [1.82, 2.24) is 4.90 Å². The molecule has 1 unspecified atom stereocenters. The summed E-state index contributed by atoms with van der Waals surface area (Å²) in [5, 5.41) is 4.04. The van der Waals surface area contributed by atoms with Gasteiger partial charge in [-0.05, 0) is 49.3 Å². The van der Waals surface area contributed by atoms with Crippen LogP contribution in [-0.2, 0) is 4.74 Å². The van der Waals surface area contributed by atoms with Crippen LogP contribution in [0.4, 0.5) is 10.5 Å². The fourth-order valence-electron chi connectivity index (χ4n) is 3.78. The number of rotatable bonds is 2. The predicted octanol–water partition coefficient (Wildman–Crippen LogP) is 3.71. The van der Waals surface area contributed by atoms with Gasteiger partial charge in [0, 0.05) is 43.4 Å². The van der Waals surface area contributed by atoms with Gasteiger partial charge in [0.05, 0.1) is 6.26 Å². The Morgan fingerprint density at radius 2 is 2.00 bits per heavy atom. The predicted molar refractivity (Wildman–Crippen MR) is 88.5 cm³/mol. The summed E-state index contributed by atoms with van der Waals surface area (Å²) in [4.78, 5) is 14.4. The van der Waals surface area contributed by atoms with Crippen molar-refractivity contribution in [2.45, 2.75) is 19.3 Å². The summed E-state index contributed by atoms with van der Waals surface area (Å²) in [5.74, 6) is 1.33. The lowest BCUT2D eigenvalue weighted by Crippen LogP contribution is -2.34. The summed E-state index contributed by atoms with van der Waals surface area (Å²) in [6, 6.07) is 7.66. The van der Waals surface area contributed by atoms with Gasteiger partial charge in [0.2, 0.25) is 0 Å². The van der Waals surface area contributed by atoms with Crippen LogP contribution in [0.15, 0.2) is 34.9 Å². The number of likely N-dealkylation sites (tertiary alicyclic amines) is 1. The van der Waals surface area contributed by atoms with E-state index in [1.165, 1.54) is 0 Å². The highest BCUT2D eigenvalue weighted by molar-refractivity contribution is 5.92. The Labute approximate surface area is 135 Å². The van der Waals surface area contributed by atoms with Crippen molar-refractivity contribution in [3.05, 3.63) is 30.5 Å². The first kappa shape index (κ1) is 14.6. The molecule has 0 bridgehead atoms. The molecule has 1 atom stereocenters. The zero-order valence-corrected chi connectivity index (χ0v) is 13.2. The maximum Gasteiger partial charge on any atom is 0.321 e. The van der Waals surface area contributed by atoms with Gasteiger partial charge < -0.3 is 19.4 Å². The second-order valence-corrected chi connectivity index (χ2v) is 6.55. The standard InChI is InChI=1S/C18H22N2O3/c21-18(19-16-2-1-14-6-10-23-17(14)11-16)20-7-3-15(12-20)13-4-8-22-9-5-13/h1-2,6,10-11,13,15H,3-5,7-9,12H2,(H,19,21). The number of carbonyl (C=O) groups excluding carboxylic acids is 1. The third-order valence-electron chi connectivity index (χ3n) is 5.15. The lowest BCUT2D eigenvalue weighted by Gasteiger charge is -2.27. The van der Waals surface area contributed by atoms with Crippen LogP contribution in [0, 0.1) is 11.8 Å². The van der Waals surface area contributed by atoms with Gasteiger partial charge >= 0.3 is 6.03 Å². The van der Waals surface area contributed by atoms with E-state index in [1.807, 2.05) is 29.2 Å². The maximum absolute atomic E-state index is 12.5. The minimum atomic E-state index is -0.00883. The number of hydrogen-bond acceptors (Lipinski definition) is 3. The third-order valence-corrected chi connectivity index (χ3v) is 5.15. The minimum absolute atomic E-state index is 0.00883. The van der Waals surface area contributed by atoms with Gasteiger partial charge in [-0.15, -0.1) is 0 Å². The second-order valence-electron chi connectivity index (χ2n) is 6.55. The first-order valence-electron chi connectivity index (χ1n) is 8.40. The van der Waals surface area contributed by atoms with Gasteiger partial charge in [0.15, 0.2) is 0 Å². The molecule has 2 fully saturated rings. The average molecular weight is 314 g/mol. The van der Waals surface area contributed by atoms with Crippen LogP contribution in [0.1, 0.15) is 19.3 Å². The molecule has 0 radical (unpaired) electrons. The van der Waals surface area contributed by atoms with Crippen molar-refractivity contribution in [3.8, 4) is 0 Å². The van der Waals surface area contributed by atoms with Crippen molar-refractivity contribution >= 4 is 22.7 Å². The molecule has 4 rings (SSSR count). The molecule has 2 aliphatic rings. The van der Waals surface area contributed by atoms with Crippen molar-refractivity contribution in [2.24, 2.45) is 11.8 Å². The minimum Gasteiger partial charge on any atom is -0.464 e. The highest BCUT2D eigenvalue weighted by Crippen LogP contribution is 2.31. The van der Waals surface area contributed by atoms with E-state index < -0.39 is 0 Å². The zero-order chi connectivity index (χ0) is 15.6. The Morgan fingerprint density at radius 3 is 2.87 bits per heavy atom. The van der Waals surface area contributed by atoms with Crippen molar-refractivity contribution in [1.29, 1.82) is 0 Å². The van der Waals surface area contributed by atoms with Gasteiger partial charge in [-0.2, -0.15) is 0 Å². The molecule has 1 aromatic heterocycles. The first-order chi connectivity index (χ1) is 11.3. The smallest absolute Gasteiger partial charge is 0.321 e. The monoisotopic (exact) mass is 314 g/mol. The van der Waals surface area contributed by atoms with Crippen molar-refractivity contribution in [2.75, 3.05) is 31.6 Å². The fraction of sp³-hybridized carbons (Fsp3) is 0.500. The fourth-order valence-corrected chi connectivity index (χ4v) is 3.78. The number of furan rings is 1. The molecule has 1 N–H and O–H groups in total. The van der Waals surface area contributed by atoms with E-state index in [2.05, 4.69) is 5.32 Å². The molecule has 0 spiro atoms. The normalized spacial score (nSPS) is 22.6. The van der Waals surface area contributed by atoms with Crippen LogP contribution in [0.5, 0.6) is 0 Å². The summed E-state index contributed by atoms with van der Waals surface area (Å²) in [6.07, 6.45) is 5.04. The van der Waals surface area contributed by atoms with E-state index in [9.17, 15) is 4.79 Å². The molecule has 1 aromatic carbocycles. The molecule has 5 heteroatoms. The van der Waals surface area contributed by atoms with Crippen molar-refractivity contribution < 1.29 is 13.9 Å². The summed E-state index contributed by atoms with van der Waals surface area (Å²) < 4.78 is 10.8. The zero-order valence-electron chi connectivity index (χ0n) is 13.2. The van der Waals surface area contributed by atoms with Crippen LogP contribution in [0.3, 0.4) is 0 Å². The maximum atomic E-state index is 12.5. The molecular weight excluding hydrogens is 292 g/mol. The highest BCUT2D eigenvalue weighted by atomic mass is 16.5. The molecule has 2 aliphatic heterocycles. The molecule has 2 amide bonds. The molecular formula is C18H22N2O3. The number of amides is 2. The van der Waals surface area contributed by atoms with Crippen molar-refractivity contribution in [3.63, 3.8) is 0 Å². The van der Waals surface area contributed by atoms with Crippen LogP contribution in [0.2, 0.25) is 0 Å². The number of ether oxygens (including phenoxy) is 1. The molecule has 0 aliphatic carbocycles. The number of nitrogens with zero attached hydrogens (tertiary/aromatic N) is 1. The highest BCUT2D eigenvalue weighted by Gasteiger charge is 2.32. The molecule has 2 saturated heterocycles. The number of urea groups is 1. The first-order valence-corrected chi connectivity index (χ1v) is 8.40. The van der Waals surface area contributed by atoms with Gasteiger partial charge in [0.25, 0.3) is 0 Å². The van der Waals surface area contributed by atoms with Crippen LogP contribution in [0.25, 0.3) is 11.0 Å². The Morgan fingerprint density at radius 1 is 1.13 bits per heavy atom. The average Bonchev–Trinajstić information content (AvgIpc) is 3.24. The summed E-state index contributed by atoms with van der Waals surface area (Å²) in [7, 11) is 0. The number of benzene rings is 1. The molecule has 23 heavy (non-hydrogen) atoms. The topological polar surface area (TPSA) is 54.7 Å². The van der Waals surface area contributed by atoms with E-state index in [1.54, 1.807) is 6.26 Å². The Bertz CT molecular complexity index is 690. The van der Waals surface area contributed by atoms with E-state index in [0.717, 1.165) is 62.2 Å². The number of hydrogen-bond donors (Lipinski definition) is 1. The molecule has 5 nitrogen and oxygen atoms in total. The quantitative estimate of drug-likeness (QED) is 0.919. The van der Waals surface area contributed by atoms with E-state index in [4.69, 9.17) is 9.15 Å². The summed E-state index contributed by atoms with van der Waals surface area (Å²) in [5.41, 5.74) is 1.58. The molecule has 122 valence electrons.